The Morgan fingerprint density at radius 3 is 2.53 bits per heavy atom. The maximum Gasteiger partial charge on any atom is 0.137 e. The fraction of sp³-hybridized carbons (Fsp3) is 0.636. The lowest BCUT2D eigenvalue weighted by Gasteiger charge is -2.23. The van der Waals surface area contributed by atoms with Gasteiger partial charge in [-0.2, -0.15) is 0 Å². The summed E-state index contributed by atoms with van der Waals surface area (Å²) in [4.78, 5) is 10.6. The standard InChI is InChI=1S/C11H20N4/c1-4-7-15(6-3)11-9(5-2)10(12)13-8-14-11/h8H,4-7H2,1-3H3,(H2,12,13,14). The molecule has 0 aliphatic rings. The van der Waals surface area contributed by atoms with Crippen LogP contribution in [0.2, 0.25) is 0 Å². The van der Waals surface area contributed by atoms with Crippen LogP contribution in [0.5, 0.6) is 0 Å². The summed E-state index contributed by atoms with van der Waals surface area (Å²) in [6.07, 6.45) is 3.53. The Hall–Kier alpha value is -1.32. The van der Waals surface area contributed by atoms with Crippen molar-refractivity contribution < 1.29 is 0 Å². The molecule has 0 fully saturated rings. The smallest absolute Gasteiger partial charge is 0.137 e. The van der Waals surface area contributed by atoms with E-state index >= 15 is 0 Å². The monoisotopic (exact) mass is 208 g/mol. The average Bonchev–Trinajstić information content (AvgIpc) is 2.25. The zero-order valence-electron chi connectivity index (χ0n) is 9.82. The molecular formula is C11H20N4. The van der Waals surface area contributed by atoms with Crippen molar-refractivity contribution in [2.24, 2.45) is 0 Å². The van der Waals surface area contributed by atoms with E-state index in [9.17, 15) is 0 Å². The third-order valence-electron chi connectivity index (χ3n) is 2.48. The number of nitrogens with zero attached hydrogens (tertiary/aromatic N) is 3. The van der Waals surface area contributed by atoms with Crippen molar-refractivity contribution in [1.29, 1.82) is 0 Å². The first-order valence-corrected chi connectivity index (χ1v) is 5.58. The molecule has 15 heavy (non-hydrogen) atoms. The van der Waals surface area contributed by atoms with Gasteiger partial charge in [-0.15, -0.1) is 0 Å². The van der Waals surface area contributed by atoms with Gasteiger partial charge in [0.05, 0.1) is 0 Å². The van der Waals surface area contributed by atoms with Crippen molar-refractivity contribution in [3.8, 4) is 0 Å². The molecule has 1 aromatic heterocycles. The largest absolute Gasteiger partial charge is 0.383 e. The van der Waals surface area contributed by atoms with Gasteiger partial charge < -0.3 is 10.6 Å². The molecule has 2 N–H and O–H groups in total. The Kier molecular flexibility index (Phi) is 4.34. The van der Waals surface area contributed by atoms with Crippen LogP contribution in [0.15, 0.2) is 6.33 Å². The lowest BCUT2D eigenvalue weighted by molar-refractivity contribution is 0.769. The predicted molar refractivity (Wildman–Crippen MR) is 64.0 cm³/mol. The third-order valence-corrected chi connectivity index (χ3v) is 2.48. The molecule has 1 aromatic rings. The molecule has 4 nitrogen and oxygen atoms in total. The van der Waals surface area contributed by atoms with Crippen LogP contribution in [-0.2, 0) is 6.42 Å². The van der Waals surface area contributed by atoms with Crippen LogP contribution in [0, 0.1) is 0 Å². The lowest BCUT2D eigenvalue weighted by Crippen LogP contribution is -2.26. The van der Waals surface area contributed by atoms with E-state index < -0.39 is 0 Å². The second-order valence-electron chi connectivity index (χ2n) is 3.49. The van der Waals surface area contributed by atoms with Crippen LogP contribution < -0.4 is 10.6 Å². The minimum absolute atomic E-state index is 0.608. The number of hydrogen-bond acceptors (Lipinski definition) is 4. The molecule has 84 valence electrons. The van der Waals surface area contributed by atoms with Gasteiger partial charge in [-0.1, -0.05) is 13.8 Å². The van der Waals surface area contributed by atoms with E-state index in [0.29, 0.717) is 5.82 Å². The van der Waals surface area contributed by atoms with E-state index in [0.717, 1.165) is 37.3 Å². The van der Waals surface area contributed by atoms with Crippen molar-refractivity contribution >= 4 is 11.6 Å². The van der Waals surface area contributed by atoms with E-state index in [1.807, 2.05) is 0 Å². The zero-order chi connectivity index (χ0) is 11.3. The zero-order valence-corrected chi connectivity index (χ0v) is 9.82. The summed E-state index contributed by atoms with van der Waals surface area (Å²) in [7, 11) is 0. The fourth-order valence-electron chi connectivity index (χ4n) is 1.71. The molecule has 0 aliphatic heterocycles. The molecule has 1 rings (SSSR count). The number of hydrogen-bond donors (Lipinski definition) is 1. The highest BCUT2D eigenvalue weighted by Crippen LogP contribution is 2.21. The lowest BCUT2D eigenvalue weighted by atomic mass is 10.2. The molecule has 0 atom stereocenters. The van der Waals surface area contributed by atoms with Crippen molar-refractivity contribution in [3.05, 3.63) is 11.9 Å². The van der Waals surface area contributed by atoms with Gasteiger partial charge in [-0.3, -0.25) is 0 Å². The van der Waals surface area contributed by atoms with E-state index in [4.69, 9.17) is 5.73 Å². The Morgan fingerprint density at radius 1 is 1.27 bits per heavy atom. The second-order valence-corrected chi connectivity index (χ2v) is 3.49. The molecule has 0 amide bonds. The van der Waals surface area contributed by atoms with Gasteiger partial charge in [-0.25, -0.2) is 9.97 Å². The summed E-state index contributed by atoms with van der Waals surface area (Å²) >= 11 is 0. The van der Waals surface area contributed by atoms with Crippen molar-refractivity contribution in [1.82, 2.24) is 9.97 Å². The molecule has 0 aromatic carbocycles. The minimum Gasteiger partial charge on any atom is -0.383 e. The average molecular weight is 208 g/mol. The highest BCUT2D eigenvalue weighted by Gasteiger charge is 2.12. The van der Waals surface area contributed by atoms with Crippen molar-refractivity contribution in [2.75, 3.05) is 23.7 Å². The first-order valence-electron chi connectivity index (χ1n) is 5.58. The van der Waals surface area contributed by atoms with Gasteiger partial charge in [0.15, 0.2) is 0 Å². The third kappa shape index (κ3) is 2.58. The molecule has 4 heteroatoms. The van der Waals surface area contributed by atoms with Crippen molar-refractivity contribution in [2.45, 2.75) is 33.6 Å². The van der Waals surface area contributed by atoms with Gasteiger partial charge in [0, 0.05) is 18.7 Å². The van der Waals surface area contributed by atoms with Crippen LogP contribution in [0.1, 0.15) is 32.8 Å². The fourth-order valence-corrected chi connectivity index (χ4v) is 1.71. The SMILES string of the molecule is CCCN(CC)c1ncnc(N)c1CC. The second kappa shape index (κ2) is 5.53. The highest BCUT2D eigenvalue weighted by atomic mass is 15.2. The molecule has 0 aliphatic carbocycles. The normalized spacial score (nSPS) is 10.3. The number of aromatic nitrogens is 2. The van der Waals surface area contributed by atoms with E-state index in [1.54, 1.807) is 6.33 Å². The maximum absolute atomic E-state index is 5.84. The molecule has 0 unspecified atom stereocenters. The molecule has 0 saturated heterocycles. The summed E-state index contributed by atoms with van der Waals surface area (Å²) in [5, 5.41) is 0. The molecule has 0 spiro atoms. The van der Waals surface area contributed by atoms with Crippen LogP contribution >= 0.6 is 0 Å². The van der Waals surface area contributed by atoms with Gasteiger partial charge in [0.2, 0.25) is 0 Å². The summed E-state index contributed by atoms with van der Waals surface area (Å²) in [5.41, 5.74) is 6.91. The summed E-state index contributed by atoms with van der Waals surface area (Å²) < 4.78 is 0. The van der Waals surface area contributed by atoms with Crippen LogP contribution in [0.25, 0.3) is 0 Å². The highest BCUT2D eigenvalue weighted by molar-refractivity contribution is 5.56. The molecule has 0 radical (unpaired) electrons. The van der Waals surface area contributed by atoms with E-state index in [-0.39, 0.29) is 0 Å². The summed E-state index contributed by atoms with van der Waals surface area (Å²) in [5.74, 6) is 1.60. The molecule has 1 heterocycles. The number of nitrogen functional groups attached to an aromatic ring is 1. The number of anilines is 2. The molecule has 0 saturated carbocycles. The number of rotatable bonds is 5. The number of nitrogens with two attached hydrogens (primary N) is 1. The first kappa shape index (κ1) is 11.8. The van der Waals surface area contributed by atoms with E-state index in [2.05, 4.69) is 35.6 Å². The van der Waals surface area contributed by atoms with Gasteiger partial charge in [0.1, 0.15) is 18.0 Å². The van der Waals surface area contributed by atoms with E-state index in [1.165, 1.54) is 0 Å². The Labute approximate surface area is 91.5 Å². The molecular weight excluding hydrogens is 188 g/mol. The van der Waals surface area contributed by atoms with Crippen LogP contribution in [0.3, 0.4) is 0 Å². The van der Waals surface area contributed by atoms with Gasteiger partial charge >= 0.3 is 0 Å². The quantitative estimate of drug-likeness (QED) is 0.802. The Morgan fingerprint density at radius 2 is 2.00 bits per heavy atom. The van der Waals surface area contributed by atoms with Crippen LogP contribution in [0.4, 0.5) is 11.6 Å². The first-order chi connectivity index (χ1) is 7.24. The predicted octanol–water partition coefficient (Wildman–Crippen LogP) is 1.86. The Balaban J connectivity index is 3.04. The van der Waals surface area contributed by atoms with Crippen molar-refractivity contribution in [3.63, 3.8) is 0 Å². The van der Waals surface area contributed by atoms with Crippen LogP contribution in [-0.4, -0.2) is 23.1 Å². The summed E-state index contributed by atoms with van der Waals surface area (Å²) in [6.45, 7) is 8.35. The molecule has 0 bridgehead atoms. The Bertz CT molecular complexity index is 311. The maximum atomic E-state index is 5.84. The summed E-state index contributed by atoms with van der Waals surface area (Å²) in [6, 6.07) is 0. The topological polar surface area (TPSA) is 55.0 Å². The van der Waals surface area contributed by atoms with Gasteiger partial charge in [0.25, 0.3) is 0 Å². The van der Waals surface area contributed by atoms with Gasteiger partial charge in [-0.05, 0) is 19.8 Å². The minimum atomic E-state index is 0.608.